The van der Waals surface area contributed by atoms with E-state index in [2.05, 4.69) is 25.7 Å². The van der Waals surface area contributed by atoms with Crippen LogP contribution < -0.4 is 0 Å². The summed E-state index contributed by atoms with van der Waals surface area (Å²) < 4.78 is 22.7. The summed E-state index contributed by atoms with van der Waals surface area (Å²) in [5, 5.41) is 9.04. The van der Waals surface area contributed by atoms with Crippen LogP contribution in [-0.2, 0) is 23.0 Å². The van der Waals surface area contributed by atoms with Gasteiger partial charge < -0.3 is 5.11 Å². The lowest BCUT2D eigenvalue weighted by atomic mass is 10.0. The normalized spacial score (nSPS) is 12.9. The first-order chi connectivity index (χ1) is 9.12. The van der Waals surface area contributed by atoms with Gasteiger partial charge in [-0.2, -0.15) is 0 Å². The minimum absolute atomic E-state index is 0.0390. The fourth-order valence-corrected chi connectivity index (χ4v) is 2.45. The van der Waals surface area contributed by atoms with E-state index in [0.717, 1.165) is 11.1 Å². The Morgan fingerprint density at radius 3 is 2.00 bits per heavy atom. The maximum absolute atomic E-state index is 11.3. The Morgan fingerprint density at radius 1 is 1.10 bits per heavy atom. The molecule has 0 aliphatic rings. The third kappa shape index (κ3) is 6.03. The van der Waals surface area contributed by atoms with Gasteiger partial charge >= 0.3 is 0 Å². The lowest BCUT2D eigenvalue weighted by Crippen LogP contribution is -2.43. The average Bonchev–Trinajstić information content (AvgIpc) is 2.32. The highest BCUT2D eigenvalue weighted by Gasteiger charge is 2.22. The van der Waals surface area contributed by atoms with Crippen molar-refractivity contribution in [3.63, 3.8) is 0 Å². The van der Waals surface area contributed by atoms with Gasteiger partial charge in [-0.1, -0.05) is 24.3 Å². The molecule has 1 aromatic rings. The number of benzene rings is 1. The summed E-state index contributed by atoms with van der Waals surface area (Å²) in [6.07, 6.45) is 1.27. The summed E-state index contributed by atoms with van der Waals surface area (Å²) in [5.41, 5.74) is 1.90. The summed E-state index contributed by atoms with van der Waals surface area (Å²) in [6, 6.07) is 7.74. The number of aliphatic hydroxyl groups is 1. The Labute approximate surface area is 122 Å². The van der Waals surface area contributed by atoms with Gasteiger partial charge in [0.1, 0.15) is 9.84 Å². The van der Waals surface area contributed by atoms with Crippen LogP contribution in [0, 0.1) is 0 Å². The molecule has 1 aromatic carbocycles. The smallest absolute Gasteiger partial charge is 0.148 e. The number of aliphatic hydroxyl groups excluding tert-OH is 1. The van der Waals surface area contributed by atoms with Gasteiger partial charge in [0.2, 0.25) is 0 Å². The van der Waals surface area contributed by atoms with Crippen molar-refractivity contribution in [3.8, 4) is 0 Å². The molecule has 0 saturated heterocycles. The number of hydrogen-bond acceptors (Lipinski definition) is 4. The lowest BCUT2D eigenvalue weighted by Gasteiger charge is -2.35. The zero-order chi connectivity index (χ0) is 15.4. The lowest BCUT2D eigenvalue weighted by molar-refractivity contribution is 0.137. The molecular weight excluding hydrogens is 274 g/mol. The zero-order valence-electron chi connectivity index (χ0n) is 12.8. The molecule has 1 N–H and O–H groups in total. The Morgan fingerprint density at radius 2 is 1.60 bits per heavy atom. The van der Waals surface area contributed by atoms with Gasteiger partial charge in [0, 0.05) is 24.9 Å². The van der Waals surface area contributed by atoms with E-state index >= 15 is 0 Å². The highest BCUT2D eigenvalue weighted by molar-refractivity contribution is 7.90. The van der Waals surface area contributed by atoms with Crippen molar-refractivity contribution in [3.05, 3.63) is 35.4 Å². The number of rotatable bonds is 6. The van der Waals surface area contributed by atoms with E-state index in [1.165, 1.54) is 6.26 Å². The predicted molar refractivity (Wildman–Crippen MR) is 82.2 cm³/mol. The number of hydrogen-bond donors (Lipinski definition) is 1. The first-order valence-electron chi connectivity index (χ1n) is 6.73. The molecule has 0 aliphatic carbocycles. The van der Waals surface area contributed by atoms with E-state index in [1.807, 2.05) is 24.3 Å². The molecule has 0 aliphatic heterocycles. The molecule has 4 nitrogen and oxygen atoms in total. The summed E-state index contributed by atoms with van der Waals surface area (Å²) in [6.45, 7) is 7.50. The van der Waals surface area contributed by atoms with Crippen molar-refractivity contribution < 1.29 is 13.5 Å². The van der Waals surface area contributed by atoms with E-state index in [1.54, 1.807) is 0 Å². The van der Waals surface area contributed by atoms with Gasteiger partial charge in [-0.25, -0.2) is 8.42 Å². The highest BCUT2D eigenvalue weighted by atomic mass is 32.2. The maximum Gasteiger partial charge on any atom is 0.148 e. The third-order valence-corrected chi connectivity index (χ3v) is 4.18. The van der Waals surface area contributed by atoms with Crippen LogP contribution in [-0.4, -0.2) is 42.5 Å². The van der Waals surface area contributed by atoms with Crippen LogP contribution in [0.2, 0.25) is 0 Å². The second-order valence-electron chi connectivity index (χ2n) is 6.20. The first-order valence-corrected chi connectivity index (χ1v) is 8.79. The van der Waals surface area contributed by atoms with Crippen LogP contribution in [0.15, 0.2) is 24.3 Å². The molecule has 0 heterocycles. The molecule has 0 radical (unpaired) electrons. The first kappa shape index (κ1) is 17.1. The molecule has 0 unspecified atom stereocenters. The predicted octanol–water partition coefficient (Wildman–Crippen LogP) is 1.82. The van der Waals surface area contributed by atoms with Gasteiger partial charge in [0.15, 0.2) is 0 Å². The van der Waals surface area contributed by atoms with Gasteiger partial charge in [-0.05, 0) is 31.9 Å². The molecule has 0 atom stereocenters. The molecule has 0 amide bonds. The average molecular weight is 299 g/mol. The number of sulfone groups is 1. The van der Waals surface area contributed by atoms with Crippen LogP contribution in [0.25, 0.3) is 0 Å². The molecule has 0 saturated carbocycles. The van der Waals surface area contributed by atoms with E-state index in [-0.39, 0.29) is 17.9 Å². The SMILES string of the molecule is CC(C)(C)N(CCS(C)(=O)=O)Cc1ccc(CO)cc1. The van der Waals surface area contributed by atoms with Crippen molar-refractivity contribution in [1.29, 1.82) is 0 Å². The van der Waals surface area contributed by atoms with Crippen LogP contribution in [0.4, 0.5) is 0 Å². The molecule has 114 valence electrons. The zero-order valence-corrected chi connectivity index (χ0v) is 13.6. The van der Waals surface area contributed by atoms with Crippen molar-refractivity contribution >= 4 is 9.84 Å². The van der Waals surface area contributed by atoms with Crippen LogP contribution >= 0.6 is 0 Å². The Bertz CT molecular complexity index is 515. The quantitative estimate of drug-likeness (QED) is 0.870. The monoisotopic (exact) mass is 299 g/mol. The Kier molecular flexibility index (Phi) is 5.74. The van der Waals surface area contributed by atoms with Crippen molar-refractivity contribution in [1.82, 2.24) is 4.90 Å². The summed E-state index contributed by atoms with van der Waals surface area (Å²) in [7, 11) is -2.96. The van der Waals surface area contributed by atoms with Crippen molar-refractivity contribution in [2.75, 3.05) is 18.6 Å². The van der Waals surface area contributed by atoms with Gasteiger partial charge in [-0.15, -0.1) is 0 Å². The van der Waals surface area contributed by atoms with Crippen molar-refractivity contribution in [2.45, 2.75) is 39.5 Å². The number of nitrogens with zero attached hydrogens (tertiary/aromatic N) is 1. The second kappa shape index (κ2) is 6.70. The fraction of sp³-hybridized carbons (Fsp3) is 0.600. The van der Waals surface area contributed by atoms with Crippen LogP contribution in [0.5, 0.6) is 0 Å². The van der Waals surface area contributed by atoms with Crippen LogP contribution in [0.3, 0.4) is 0 Å². The van der Waals surface area contributed by atoms with Gasteiger partial charge in [0.25, 0.3) is 0 Å². The van der Waals surface area contributed by atoms with Crippen molar-refractivity contribution in [2.24, 2.45) is 0 Å². The molecule has 20 heavy (non-hydrogen) atoms. The Hall–Kier alpha value is -0.910. The maximum atomic E-state index is 11.3. The van der Waals surface area contributed by atoms with Crippen LogP contribution in [0.1, 0.15) is 31.9 Å². The van der Waals surface area contributed by atoms with Gasteiger partial charge in [-0.3, -0.25) is 4.90 Å². The summed E-state index contributed by atoms with van der Waals surface area (Å²) >= 11 is 0. The fourth-order valence-electron chi connectivity index (χ4n) is 1.90. The molecule has 0 bridgehead atoms. The van der Waals surface area contributed by atoms with E-state index in [9.17, 15) is 8.42 Å². The molecule has 0 aromatic heterocycles. The van der Waals surface area contributed by atoms with E-state index in [0.29, 0.717) is 13.1 Å². The topological polar surface area (TPSA) is 57.6 Å². The molecule has 1 rings (SSSR count). The molecule has 0 spiro atoms. The third-order valence-electron chi connectivity index (χ3n) is 3.26. The standard InChI is InChI=1S/C15H25NO3S/c1-15(2,3)16(9-10-20(4,18)19)11-13-5-7-14(12-17)8-6-13/h5-8,17H,9-12H2,1-4H3. The molecular formula is C15H25NO3S. The minimum Gasteiger partial charge on any atom is -0.392 e. The second-order valence-corrected chi connectivity index (χ2v) is 8.46. The minimum atomic E-state index is -2.96. The summed E-state index contributed by atoms with van der Waals surface area (Å²) in [4.78, 5) is 2.15. The van der Waals surface area contributed by atoms with E-state index < -0.39 is 9.84 Å². The van der Waals surface area contributed by atoms with Gasteiger partial charge in [0.05, 0.1) is 12.4 Å². The molecule has 5 heteroatoms. The van der Waals surface area contributed by atoms with E-state index in [4.69, 9.17) is 5.11 Å². The Balaban J connectivity index is 2.78. The highest BCUT2D eigenvalue weighted by Crippen LogP contribution is 2.17. The largest absolute Gasteiger partial charge is 0.392 e. The molecule has 0 fully saturated rings. The summed E-state index contributed by atoms with van der Waals surface area (Å²) in [5.74, 6) is 0.166.